The summed E-state index contributed by atoms with van der Waals surface area (Å²) in [6, 6.07) is 1.76. The van der Waals surface area contributed by atoms with Crippen LogP contribution in [0.25, 0.3) is 0 Å². The summed E-state index contributed by atoms with van der Waals surface area (Å²) < 4.78 is 5.27. The standard InChI is InChI=1S/C11H15NO2/c1-8-7-10(9(2)14-8)11(13)5-6-12(3)4/h5-7H,1-4H3. The van der Waals surface area contributed by atoms with Crippen LogP contribution in [-0.4, -0.2) is 24.8 Å². The summed E-state index contributed by atoms with van der Waals surface area (Å²) >= 11 is 0. The number of carbonyl (C=O) groups excluding carboxylic acids is 1. The molecular formula is C11H15NO2. The molecule has 0 unspecified atom stereocenters. The van der Waals surface area contributed by atoms with Crippen molar-refractivity contribution in [3.05, 3.63) is 35.4 Å². The van der Waals surface area contributed by atoms with Crippen LogP contribution in [0.2, 0.25) is 0 Å². The summed E-state index contributed by atoms with van der Waals surface area (Å²) in [4.78, 5) is 13.4. The Morgan fingerprint density at radius 2 is 2.07 bits per heavy atom. The molecule has 0 saturated carbocycles. The molecule has 76 valence electrons. The third kappa shape index (κ3) is 2.49. The number of hydrogen-bond donors (Lipinski definition) is 0. The van der Waals surface area contributed by atoms with Gasteiger partial charge in [-0.2, -0.15) is 0 Å². The Balaban J connectivity index is 2.85. The first kappa shape index (κ1) is 10.6. The van der Waals surface area contributed by atoms with Crippen LogP contribution in [0.3, 0.4) is 0 Å². The van der Waals surface area contributed by atoms with Crippen molar-refractivity contribution in [2.45, 2.75) is 13.8 Å². The van der Waals surface area contributed by atoms with Crippen LogP contribution >= 0.6 is 0 Å². The van der Waals surface area contributed by atoms with E-state index in [-0.39, 0.29) is 5.78 Å². The molecule has 0 aliphatic heterocycles. The average molecular weight is 193 g/mol. The van der Waals surface area contributed by atoms with Gasteiger partial charge in [-0.3, -0.25) is 4.79 Å². The highest BCUT2D eigenvalue weighted by molar-refractivity contribution is 6.05. The van der Waals surface area contributed by atoms with E-state index in [2.05, 4.69) is 0 Å². The van der Waals surface area contributed by atoms with Crippen molar-refractivity contribution in [1.82, 2.24) is 4.90 Å². The fourth-order valence-corrected chi connectivity index (χ4v) is 1.18. The molecular weight excluding hydrogens is 178 g/mol. The number of rotatable bonds is 3. The minimum absolute atomic E-state index is 0.0203. The molecule has 0 amide bonds. The van der Waals surface area contributed by atoms with E-state index in [1.54, 1.807) is 19.2 Å². The molecule has 0 radical (unpaired) electrons. The minimum Gasteiger partial charge on any atom is -0.466 e. The second kappa shape index (κ2) is 4.13. The molecule has 0 aliphatic carbocycles. The zero-order valence-electron chi connectivity index (χ0n) is 9.00. The number of furan rings is 1. The van der Waals surface area contributed by atoms with Crippen molar-refractivity contribution in [1.29, 1.82) is 0 Å². The van der Waals surface area contributed by atoms with E-state index in [9.17, 15) is 4.79 Å². The Morgan fingerprint density at radius 1 is 1.43 bits per heavy atom. The highest BCUT2D eigenvalue weighted by Gasteiger charge is 2.10. The predicted molar refractivity (Wildman–Crippen MR) is 55.3 cm³/mol. The van der Waals surface area contributed by atoms with Gasteiger partial charge in [-0.05, 0) is 19.9 Å². The zero-order valence-corrected chi connectivity index (χ0v) is 9.00. The maximum Gasteiger partial charge on any atom is 0.190 e. The topological polar surface area (TPSA) is 33.5 Å². The molecule has 1 aromatic heterocycles. The smallest absolute Gasteiger partial charge is 0.190 e. The van der Waals surface area contributed by atoms with Crippen LogP contribution < -0.4 is 0 Å². The predicted octanol–water partition coefficient (Wildman–Crippen LogP) is 2.15. The fraction of sp³-hybridized carbons (Fsp3) is 0.364. The Hall–Kier alpha value is -1.51. The van der Waals surface area contributed by atoms with Crippen LogP contribution in [0.5, 0.6) is 0 Å². The summed E-state index contributed by atoms with van der Waals surface area (Å²) in [5.74, 6) is 1.42. The number of carbonyl (C=O) groups is 1. The van der Waals surface area contributed by atoms with Crippen LogP contribution in [0.4, 0.5) is 0 Å². The maximum absolute atomic E-state index is 11.6. The number of allylic oxidation sites excluding steroid dienone is 1. The molecule has 0 spiro atoms. The lowest BCUT2D eigenvalue weighted by molar-refractivity contribution is 0.104. The summed E-state index contributed by atoms with van der Waals surface area (Å²) in [5.41, 5.74) is 0.639. The molecule has 0 bridgehead atoms. The first-order valence-corrected chi connectivity index (χ1v) is 4.46. The van der Waals surface area contributed by atoms with Crippen molar-refractivity contribution in [3.63, 3.8) is 0 Å². The van der Waals surface area contributed by atoms with Crippen molar-refractivity contribution < 1.29 is 9.21 Å². The van der Waals surface area contributed by atoms with E-state index in [4.69, 9.17) is 4.42 Å². The molecule has 1 rings (SSSR count). The van der Waals surface area contributed by atoms with Gasteiger partial charge >= 0.3 is 0 Å². The van der Waals surface area contributed by atoms with Crippen LogP contribution in [0, 0.1) is 13.8 Å². The average Bonchev–Trinajstić information content (AvgIpc) is 2.41. The van der Waals surface area contributed by atoms with E-state index >= 15 is 0 Å². The van der Waals surface area contributed by atoms with E-state index in [1.165, 1.54) is 6.08 Å². The van der Waals surface area contributed by atoms with Gasteiger partial charge in [0.05, 0.1) is 5.56 Å². The summed E-state index contributed by atoms with van der Waals surface area (Å²) in [5, 5.41) is 0. The highest BCUT2D eigenvalue weighted by Crippen LogP contribution is 2.14. The molecule has 0 saturated heterocycles. The molecule has 3 nitrogen and oxygen atoms in total. The molecule has 1 heterocycles. The third-order valence-corrected chi connectivity index (χ3v) is 1.83. The zero-order chi connectivity index (χ0) is 10.7. The van der Waals surface area contributed by atoms with Crippen LogP contribution in [-0.2, 0) is 0 Å². The molecule has 14 heavy (non-hydrogen) atoms. The normalized spacial score (nSPS) is 10.9. The first-order valence-electron chi connectivity index (χ1n) is 4.46. The van der Waals surface area contributed by atoms with E-state index < -0.39 is 0 Å². The molecule has 0 fully saturated rings. The van der Waals surface area contributed by atoms with Gasteiger partial charge in [-0.25, -0.2) is 0 Å². The maximum atomic E-state index is 11.6. The molecule has 1 aromatic rings. The van der Waals surface area contributed by atoms with Gasteiger partial charge < -0.3 is 9.32 Å². The Bertz CT molecular complexity index is 361. The second-order valence-corrected chi connectivity index (χ2v) is 3.47. The van der Waals surface area contributed by atoms with Gasteiger partial charge in [-0.15, -0.1) is 0 Å². The third-order valence-electron chi connectivity index (χ3n) is 1.83. The van der Waals surface area contributed by atoms with Gasteiger partial charge in [0.1, 0.15) is 11.5 Å². The highest BCUT2D eigenvalue weighted by atomic mass is 16.3. The van der Waals surface area contributed by atoms with Gasteiger partial charge in [0.25, 0.3) is 0 Å². The summed E-state index contributed by atoms with van der Waals surface area (Å²) in [6.07, 6.45) is 3.27. The van der Waals surface area contributed by atoms with E-state index in [1.807, 2.05) is 25.9 Å². The number of nitrogens with zero attached hydrogens (tertiary/aromatic N) is 1. The quantitative estimate of drug-likeness (QED) is 0.544. The van der Waals surface area contributed by atoms with Gasteiger partial charge in [0.15, 0.2) is 5.78 Å². The Labute approximate surface area is 84.0 Å². The lowest BCUT2D eigenvalue weighted by Gasteiger charge is -2.01. The van der Waals surface area contributed by atoms with Crippen molar-refractivity contribution in [2.24, 2.45) is 0 Å². The molecule has 0 N–H and O–H groups in total. The van der Waals surface area contributed by atoms with Crippen LogP contribution in [0.1, 0.15) is 21.9 Å². The molecule has 0 atom stereocenters. The number of hydrogen-bond acceptors (Lipinski definition) is 3. The largest absolute Gasteiger partial charge is 0.466 e. The van der Waals surface area contributed by atoms with Gasteiger partial charge in [0, 0.05) is 26.4 Å². The Morgan fingerprint density at radius 3 is 2.50 bits per heavy atom. The monoisotopic (exact) mass is 193 g/mol. The lowest BCUT2D eigenvalue weighted by atomic mass is 10.1. The summed E-state index contributed by atoms with van der Waals surface area (Å²) in [7, 11) is 3.74. The number of aryl methyl sites for hydroxylation is 2. The van der Waals surface area contributed by atoms with Crippen molar-refractivity contribution >= 4 is 5.78 Å². The van der Waals surface area contributed by atoms with Crippen LogP contribution in [0.15, 0.2) is 22.8 Å². The van der Waals surface area contributed by atoms with Crippen molar-refractivity contribution in [3.8, 4) is 0 Å². The molecule has 0 aromatic carbocycles. The first-order chi connectivity index (χ1) is 6.50. The Kier molecular flexibility index (Phi) is 3.12. The molecule has 3 heteroatoms. The van der Waals surface area contributed by atoms with E-state index in [0.29, 0.717) is 11.3 Å². The van der Waals surface area contributed by atoms with Gasteiger partial charge in [0.2, 0.25) is 0 Å². The van der Waals surface area contributed by atoms with E-state index in [0.717, 1.165) is 5.76 Å². The minimum atomic E-state index is -0.0203. The summed E-state index contributed by atoms with van der Waals surface area (Å²) in [6.45, 7) is 3.63. The molecule has 0 aliphatic rings. The van der Waals surface area contributed by atoms with Crippen molar-refractivity contribution in [2.75, 3.05) is 14.1 Å². The second-order valence-electron chi connectivity index (χ2n) is 3.47. The number of ketones is 1. The SMILES string of the molecule is Cc1cc(C(=O)C=CN(C)C)c(C)o1. The van der Waals surface area contributed by atoms with Gasteiger partial charge in [-0.1, -0.05) is 0 Å². The lowest BCUT2D eigenvalue weighted by Crippen LogP contribution is -2.03. The fourth-order valence-electron chi connectivity index (χ4n) is 1.18.